The second-order valence-electron chi connectivity index (χ2n) is 6.03. The van der Waals surface area contributed by atoms with Gasteiger partial charge >= 0.3 is 5.97 Å². The van der Waals surface area contributed by atoms with Crippen LogP contribution in [-0.2, 0) is 4.79 Å². The van der Waals surface area contributed by atoms with Crippen LogP contribution in [0.5, 0.6) is 0 Å². The summed E-state index contributed by atoms with van der Waals surface area (Å²) in [7, 11) is 0. The van der Waals surface area contributed by atoms with Crippen molar-refractivity contribution in [1.29, 1.82) is 0 Å². The number of benzene rings is 2. The van der Waals surface area contributed by atoms with E-state index in [0.29, 0.717) is 17.1 Å². The molecule has 138 valence electrons. The van der Waals surface area contributed by atoms with E-state index in [1.165, 1.54) is 6.08 Å². The molecule has 0 aliphatic carbocycles. The molecular formula is C22H15NO4S. The number of carbonyl (C=O) groups is 2. The van der Waals surface area contributed by atoms with Gasteiger partial charge in [-0.25, -0.2) is 4.79 Å². The number of hydrogen-bond acceptors (Lipinski definition) is 4. The lowest BCUT2D eigenvalue weighted by atomic mass is 10.2. The van der Waals surface area contributed by atoms with Gasteiger partial charge in [0.25, 0.3) is 5.91 Å². The van der Waals surface area contributed by atoms with Gasteiger partial charge in [-0.05, 0) is 41.8 Å². The number of nitrogens with one attached hydrogen (secondary N) is 1. The number of hydrogen-bond donors (Lipinski definition) is 2. The van der Waals surface area contributed by atoms with Gasteiger partial charge in [-0.2, -0.15) is 0 Å². The van der Waals surface area contributed by atoms with Crippen LogP contribution in [0.2, 0.25) is 0 Å². The fourth-order valence-corrected chi connectivity index (χ4v) is 3.77. The summed E-state index contributed by atoms with van der Waals surface area (Å²) in [5.41, 5.74) is 0.117. The maximum atomic E-state index is 12.2. The average molecular weight is 389 g/mol. The number of carbonyl (C=O) groups excluding carboxylic acids is 1. The predicted octanol–water partition coefficient (Wildman–Crippen LogP) is 5.02. The molecule has 0 aliphatic heterocycles. The van der Waals surface area contributed by atoms with Gasteiger partial charge in [-0.3, -0.25) is 4.79 Å². The highest BCUT2D eigenvalue weighted by Crippen LogP contribution is 2.34. The summed E-state index contributed by atoms with van der Waals surface area (Å²) in [5.74, 6) is -0.751. The molecule has 5 nitrogen and oxygen atoms in total. The van der Waals surface area contributed by atoms with Gasteiger partial charge in [0.15, 0.2) is 0 Å². The Morgan fingerprint density at radius 1 is 0.964 bits per heavy atom. The minimum atomic E-state index is -1.25. The third-order valence-electron chi connectivity index (χ3n) is 4.10. The monoisotopic (exact) mass is 389 g/mol. The van der Waals surface area contributed by atoms with Gasteiger partial charge in [0, 0.05) is 16.3 Å². The maximum absolute atomic E-state index is 12.2. The van der Waals surface area contributed by atoms with E-state index in [1.807, 2.05) is 30.3 Å². The van der Waals surface area contributed by atoms with Gasteiger partial charge < -0.3 is 14.8 Å². The molecule has 6 heteroatoms. The van der Waals surface area contributed by atoms with Crippen molar-refractivity contribution >= 4 is 39.4 Å². The lowest BCUT2D eigenvalue weighted by Crippen LogP contribution is -2.27. The molecule has 0 saturated heterocycles. The number of carboxylic acids is 1. The molecular weight excluding hydrogens is 374 g/mol. The molecule has 0 unspecified atom stereocenters. The molecule has 2 aromatic heterocycles. The van der Waals surface area contributed by atoms with E-state index in [2.05, 4.69) is 5.32 Å². The number of rotatable bonds is 5. The van der Waals surface area contributed by atoms with E-state index in [1.54, 1.807) is 53.8 Å². The molecule has 0 atom stereocenters. The van der Waals surface area contributed by atoms with E-state index in [0.717, 1.165) is 15.0 Å². The van der Waals surface area contributed by atoms with Crippen molar-refractivity contribution in [2.24, 2.45) is 0 Å². The first kappa shape index (κ1) is 17.8. The third-order valence-corrected chi connectivity index (χ3v) is 5.23. The lowest BCUT2D eigenvalue weighted by Gasteiger charge is -2.05. The van der Waals surface area contributed by atoms with Crippen molar-refractivity contribution < 1.29 is 19.1 Å². The number of aliphatic carboxylic acids is 1. The molecule has 0 spiro atoms. The summed E-state index contributed by atoms with van der Waals surface area (Å²) >= 11 is 1.60. The Morgan fingerprint density at radius 2 is 1.71 bits per heavy atom. The molecule has 4 rings (SSSR count). The highest BCUT2D eigenvalue weighted by Gasteiger charge is 2.15. The molecule has 0 radical (unpaired) electrons. The van der Waals surface area contributed by atoms with Crippen LogP contribution >= 0.6 is 11.3 Å². The van der Waals surface area contributed by atoms with Crippen LogP contribution in [0.1, 0.15) is 16.1 Å². The van der Waals surface area contributed by atoms with Crippen LogP contribution in [0.15, 0.2) is 82.9 Å². The van der Waals surface area contributed by atoms with Crippen molar-refractivity contribution in [2.75, 3.05) is 0 Å². The smallest absolute Gasteiger partial charge is 0.352 e. The zero-order valence-electron chi connectivity index (χ0n) is 14.6. The highest BCUT2D eigenvalue weighted by atomic mass is 32.1. The van der Waals surface area contributed by atoms with Crippen LogP contribution in [-0.4, -0.2) is 17.0 Å². The Bertz CT molecular complexity index is 1150. The van der Waals surface area contributed by atoms with Crippen molar-refractivity contribution in [2.45, 2.75) is 0 Å². The molecule has 2 aromatic carbocycles. The number of amides is 1. The van der Waals surface area contributed by atoms with Gasteiger partial charge in [0.05, 0.1) is 4.88 Å². The minimum absolute atomic E-state index is 0.258. The molecule has 0 saturated carbocycles. The summed E-state index contributed by atoms with van der Waals surface area (Å²) in [6.45, 7) is 0. The molecule has 0 aliphatic rings. The van der Waals surface area contributed by atoms with E-state index in [9.17, 15) is 14.7 Å². The van der Waals surface area contributed by atoms with Crippen molar-refractivity contribution in [1.82, 2.24) is 5.32 Å². The molecule has 2 heterocycles. The maximum Gasteiger partial charge on any atom is 0.352 e. The van der Waals surface area contributed by atoms with Crippen molar-refractivity contribution in [3.63, 3.8) is 0 Å². The second-order valence-corrected chi connectivity index (χ2v) is 7.12. The number of fused-ring (bicyclic) bond motifs is 1. The Labute approximate surface area is 164 Å². The zero-order chi connectivity index (χ0) is 19.5. The van der Waals surface area contributed by atoms with Crippen LogP contribution in [0.25, 0.3) is 26.8 Å². The molecule has 0 fully saturated rings. The van der Waals surface area contributed by atoms with E-state index in [-0.39, 0.29) is 5.70 Å². The topological polar surface area (TPSA) is 79.5 Å². The normalized spacial score (nSPS) is 11.5. The number of carboxylic acid groups (broad SMARTS) is 1. The van der Waals surface area contributed by atoms with Gasteiger partial charge in [-0.1, -0.05) is 36.4 Å². The van der Waals surface area contributed by atoms with Gasteiger partial charge in [0.2, 0.25) is 0 Å². The molecule has 4 aromatic rings. The Hall–Kier alpha value is -3.64. The molecule has 28 heavy (non-hydrogen) atoms. The first-order valence-corrected chi connectivity index (χ1v) is 9.32. The van der Waals surface area contributed by atoms with Crippen LogP contribution in [0.4, 0.5) is 0 Å². The van der Waals surface area contributed by atoms with Crippen LogP contribution < -0.4 is 5.32 Å². The predicted molar refractivity (Wildman–Crippen MR) is 109 cm³/mol. The fraction of sp³-hybridized carbons (Fsp3) is 0. The van der Waals surface area contributed by atoms with Crippen molar-refractivity contribution in [3.8, 4) is 10.6 Å². The van der Waals surface area contributed by atoms with Gasteiger partial charge in [0.1, 0.15) is 17.2 Å². The second kappa shape index (κ2) is 7.54. The van der Waals surface area contributed by atoms with Crippen LogP contribution in [0.3, 0.4) is 0 Å². The summed E-state index contributed by atoms with van der Waals surface area (Å²) in [6, 6.07) is 21.9. The lowest BCUT2D eigenvalue weighted by molar-refractivity contribution is -0.132. The van der Waals surface area contributed by atoms with E-state index in [4.69, 9.17) is 4.42 Å². The molecule has 0 bridgehead atoms. The highest BCUT2D eigenvalue weighted by molar-refractivity contribution is 7.22. The zero-order valence-corrected chi connectivity index (χ0v) is 15.4. The largest absolute Gasteiger partial charge is 0.477 e. The van der Waals surface area contributed by atoms with Crippen LogP contribution in [0, 0.1) is 0 Å². The molecule has 1 amide bonds. The standard InChI is InChI=1S/C22H15NO4S/c24-21(14-6-2-1-3-7-14)23-17(22(25)26)13-16-10-11-18(27-16)20-12-15-8-4-5-9-19(15)28-20/h1-13H,(H,23,24)(H,25,26)/b17-13-. The number of thiophene rings is 1. The first-order valence-electron chi connectivity index (χ1n) is 8.50. The summed E-state index contributed by atoms with van der Waals surface area (Å²) in [4.78, 5) is 24.7. The molecule has 2 N–H and O–H groups in total. The van der Waals surface area contributed by atoms with E-state index < -0.39 is 11.9 Å². The Balaban J connectivity index is 1.59. The minimum Gasteiger partial charge on any atom is -0.477 e. The summed E-state index contributed by atoms with van der Waals surface area (Å²) in [5, 5.41) is 13.0. The summed E-state index contributed by atoms with van der Waals surface area (Å²) in [6.07, 6.45) is 1.31. The first-order chi connectivity index (χ1) is 13.6. The van der Waals surface area contributed by atoms with E-state index >= 15 is 0 Å². The fourth-order valence-electron chi connectivity index (χ4n) is 2.74. The van der Waals surface area contributed by atoms with Crippen molar-refractivity contribution in [3.05, 3.63) is 89.8 Å². The number of furan rings is 1. The van der Waals surface area contributed by atoms with Gasteiger partial charge in [-0.15, -0.1) is 11.3 Å². The SMILES string of the molecule is O=C(O)/C(=C/c1ccc(-c2cc3ccccc3s2)o1)NC(=O)c1ccccc1. The summed E-state index contributed by atoms with van der Waals surface area (Å²) < 4.78 is 6.93. The Kier molecular flexibility index (Phi) is 4.78. The Morgan fingerprint density at radius 3 is 2.46 bits per heavy atom. The quantitative estimate of drug-likeness (QED) is 0.470. The third kappa shape index (κ3) is 3.72. The average Bonchev–Trinajstić information content (AvgIpc) is 3.34.